The number of hydrogen-bond donors (Lipinski definition) is 1. The SMILES string of the molecule is Cc1cc(NCc2ccc(COCC(F)(F)F)cc2)c(C#N)c(C)n1. The summed E-state index contributed by atoms with van der Waals surface area (Å²) in [5.41, 5.74) is 4.31. The van der Waals surface area contributed by atoms with Gasteiger partial charge >= 0.3 is 6.18 Å². The second kappa shape index (κ2) is 7.99. The third-order valence-electron chi connectivity index (χ3n) is 3.48. The molecule has 0 amide bonds. The fraction of sp³-hybridized carbons (Fsp3) is 0.333. The molecule has 132 valence electrons. The zero-order valence-corrected chi connectivity index (χ0v) is 13.9. The Kier molecular flexibility index (Phi) is 5.99. The predicted octanol–water partition coefficient (Wildman–Crippen LogP) is 4.26. The summed E-state index contributed by atoms with van der Waals surface area (Å²) in [4.78, 5) is 4.26. The molecule has 0 spiro atoms. The average molecular weight is 349 g/mol. The van der Waals surface area contributed by atoms with Crippen LogP contribution in [0.1, 0.15) is 28.1 Å². The van der Waals surface area contributed by atoms with Crippen molar-refractivity contribution in [3.05, 3.63) is 58.4 Å². The molecule has 0 saturated carbocycles. The van der Waals surface area contributed by atoms with Crippen molar-refractivity contribution in [3.63, 3.8) is 0 Å². The van der Waals surface area contributed by atoms with Gasteiger partial charge in [0.2, 0.25) is 0 Å². The predicted molar refractivity (Wildman–Crippen MR) is 87.9 cm³/mol. The molecule has 7 heteroatoms. The molecule has 0 atom stereocenters. The Bertz CT molecular complexity index is 765. The number of nitrogens with zero attached hydrogens (tertiary/aromatic N) is 2. The first-order valence-corrected chi connectivity index (χ1v) is 7.63. The van der Waals surface area contributed by atoms with Gasteiger partial charge in [-0.15, -0.1) is 0 Å². The van der Waals surface area contributed by atoms with E-state index in [0.717, 1.165) is 11.3 Å². The zero-order chi connectivity index (χ0) is 18.4. The first kappa shape index (κ1) is 18.7. The highest BCUT2D eigenvalue weighted by molar-refractivity contribution is 5.60. The molecule has 25 heavy (non-hydrogen) atoms. The first-order valence-electron chi connectivity index (χ1n) is 7.63. The molecule has 0 aliphatic heterocycles. The fourth-order valence-electron chi connectivity index (χ4n) is 2.34. The molecule has 0 bridgehead atoms. The number of hydrogen-bond acceptors (Lipinski definition) is 4. The maximum absolute atomic E-state index is 12.0. The Balaban J connectivity index is 1.95. The summed E-state index contributed by atoms with van der Waals surface area (Å²) >= 11 is 0. The second-order valence-electron chi connectivity index (χ2n) is 5.66. The highest BCUT2D eigenvalue weighted by Gasteiger charge is 2.27. The number of aryl methyl sites for hydroxylation is 2. The molecular weight excluding hydrogens is 331 g/mol. The average Bonchev–Trinajstić information content (AvgIpc) is 2.52. The lowest BCUT2D eigenvalue weighted by atomic mass is 10.1. The molecule has 4 nitrogen and oxygen atoms in total. The number of rotatable bonds is 6. The number of nitrogens with one attached hydrogen (secondary N) is 1. The summed E-state index contributed by atoms with van der Waals surface area (Å²) < 4.78 is 40.8. The molecule has 1 aromatic carbocycles. The highest BCUT2D eigenvalue weighted by atomic mass is 19.4. The van der Waals surface area contributed by atoms with Crippen molar-refractivity contribution in [2.75, 3.05) is 11.9 Å². The van der Waals surface area contributed by atoms with Gasteiger partial charge in [0, 0.05) is 12.2 Å². The van der Waals surface area contributed by atoms with Crippen molar-refractivity contribution in [1.82, 2.24) is 4.98 Å². The third kappa shape index (κ3) is 5.76. The second-order valence-corrected chi connectivity index (χ2v) is 5.66. The smallest absolute Gasteiger partial charge is 0.380 e. The van der Waals surface area contributed by atoms with Gasteiger partial charge in [-0.05, 0) is 31.0 Å². The Morgan fingerprint density at radius 1 is 1.16 bits per heavy atom. The Hall–Kier alpha value is -2.59. The van der Waals surface area contributed by atoms with Crippen LogP contribution in [0.25, 0.3) is 0 Å². The van der Waals surface area contributed by atoms with Crippen molar-refractivity contribution in [1.29, 1.82) is 5.26 Å². The molecule has 0 aliphatic carbocycles. The monoisotopic (exact) mass is 349 g/mol. The topological polar surface area (TPSA) is 57.9 Å². The van der Waals surface area contributed by atoms with Crippen LogP contribution in [0.5, 0.6) is 0 Å². The number of anilines is 1. The lowest BCUT2D eigenvalue weighted by Gasteiger charge is -2.11. The first-order chi connectivity index (χ1) is 11.8. The summed E-state index contributed by atoms with van der Waals surface area (Å²) in [6.07, 6.45) is -4.32. The number of aromatic nitrogens is 1. The molecule has 2 rings (SSSR count). The van der Waals surface area contributed by atoms with E-state index in [1.807, 2.05) is 25.1 Å². The standard InChI is InChI=1S/C18H18F3N3O/c1-12-7-17(16(8-22)13(2)24-12)23-9-14-3-5-15(6-4-14)10-25-11-18(19,20)21/h3-7H,9-11H2,1-2H3,(H,23,24). The highest BCUT2D eigenvalue weighted by Crippen LogP contribution is 2.20. The lowest BCUT2D eigenvalue weighted by molar-refractivity contribution is -0.176. The van der Waals surface area contributed by atoms with Crippen molar-refractivity contribution in [3.8, 4) is 6.07 Å². The minimum absolute atomic E-state index is 0.0887. The van der Waals surface area contributed by atoms with Gasteiger partial charge in [-0.2, -0.15) is 18.4 Å². The van der Waals surface area contributed by atoms with Gasteiger partial charge in [0.05, 0.1) is 23.6 Å². The maximum Gasteiger partial charge on any atom is 0.411 e. The van der Waals surface area contributed by atoms with Crippen LogP contribution in [0.15, 0.2) is 30.3 Å². The van der Waals surface area contributed by atoms with Gasteiger partial charge in [0.1, 0.15) is 12.7 Å². The number of benzene rings is 1. The van der Waals surface area contributed by atoms with Gasteiger partial charge < -0.3 is 10.1 Å². The Morgan fingerprint density at radius 2 is 1.80 bits per heavy atom. The van der Waals surface area contributed by atoms with Crippen molar-refractivity contribution >= 4 is 5.69 Å². The van der Waals surface area contributed by atoms with E-state index in [2.05, 4.69) is 21.1 Å². The van der Waals surface area contributed by atoms with Gasteiger partial charge in [-0.1, -0.05) is 24.3 Å². The molecule has 0 fully saturated rings. The fourth-order valence-corrected chi connectivity index (χ4v) is 2.34. The summed E-state index contributed by atoms with van der Waals surface area (Å²) in [7, 11) is 0. The Morgan fingerprint density at radius 3 is 2.40 bits per heavy atom. The molecule has 1 heterocycles. The van der Waals surface area contributed by atoms with Crippen LogP contribution in [0.3, 0.4) is 0 Å². The van der Waals surface area contributed by atoms with Crippen LogP contribution in [0.2, 0.25) is 0 Å². The number of pyridine rings is 1. The number of nitriles is 1. The van der Waals surface area contributed by atoms with Gasteiger partial charge in [0.25, 0.3) is 0 Å². The Labute approximate surface area is 144 Å². The molecule has 0 aliphatic rings. The van der Waals surface area contributed by atoms with Gasteiger partial charge in [-0.3, -0.25) is 4.98 Å². The van der Waals surface area contributed by atoms with E-state index in [0.29, 0.717) is 29.1 Å². The molecule has 0 unspecified atom stereocenters. The molecule has 0 radical (unpaired) electrons. The van der Waals surface area contributed by atoms with Gasteiger partial charge in [0.15, 0.2) is 0 Å². The number of alkyl halides is 3. The minimum atomic E-state index is -4.32. The van der Waals surface area contributed by atoms with Gasteiger partial charge in [-0.25, -0.2) is 0 Å². The molecular formula is C18H18F3N3O. The van der Waals surface area contributed by atoms with Crippen LogP contribution in [0.4, 0.5) is 18.9 Å². The zero-order valence-electron chi connectivity index (χ0n) is 13.9. The van der Waals surface area contributed by atoms with Crippen LogP contribution >= 0.6 is 0 Å². The van der Waals surface area contributed by atoms with E-state index in [1.165, 1.54) is 0 Å². The molecule has 1 N–H and O–H groups in total. The van der Waals surface area contributed by atoms with Crippen molar-refractivity contribution in [2.45, 2.75) is 33.2 Å². The number of ether oxygens (including phenoxy) is 1. The maximum atomic E-state index is 12.0. The van der Waals surface area contributed by atoms with E-state index < -0.39 is 12.8 Å². The van der Waals surface area contributed by atoms with E-state index in [-0.39, 0.29) is 6.61 Å². The largest absolute Gasteiger partial charge is 0.411 e. The summed E-state index contributed by atoms with van der Waals surface area (Å²) in [6, 6.07) is 11.0. The van der Waals surface area contributed by atoms with Crippen LogP contribution in [0, 0.1) is 25.2 Å². The molecule has 0 saturated heterocycles. The summed E-state index contributed by atoms with van der Waals surface area (Å²) in [5, 5.41) is 12.4. The van der Waals surface area contributed by atoms with E-state index in [9.17, 15) is 18.4 Å². The van der Waals surface area contributed by atoms with E-state index in [4.69, 9.17) is 0 Å². The normalized spacial score (nSPS) is 11.2. The van der Waals surface area contributed by atoms with E-state index in [1.54, 1.807) is 19.1 Å². The number of halogens is 3. The molecule has 1 aromatic heterocycles. The lowest BCUT2D eigenvalue weighted by Crippen LogP contribution is -2.16. The van der Waals surface area contributed by atoms with E-state index >= 15 is 0 Å². The van der Waals surface area contributed by atoms with Crippen LogP contribution < -0.4 is 5.32 Å². The quantitative estimate of drug-likeness (QED) is 0.846. The van der Waals surface area contributed by atoms with Crippen LogP contribution in [-0.2, 0) is 17.9 Å². The minimum Gasteiger partial charge on any atom is -0.380 e. The third-order valence-corrected chi connectivity index (χ3v) is 3.48. The van der Waals surface area contributed by atoms with Crippen LogP contribution in [-0.4, -0.2) is 17.8 Å². The molecule has 2 aromatic rings. The van der Waals surface area contributed by atoms with Crippen molar-refractivity contribution < 1.29 is 17.9 Å². The summed E-state index contributed by atoms with van der Waals surface area (Å²) in [6.45, 7) is 2.78. The van der Waals surface area contributed by atoms with Crippen molar-refractivity contribution in [2.24, 2.45) is 0 Å². The summed E-state index contributed by atoms with van der Waals surface area (Å²) in [5.74, 6) is 0.